The number of ether oxygens (including phenoxy) is 1. The third-order valence-corrected chi connectivity index (χ3v) is 4.09. The molecular formula is C19H15Cl2N3O2. The molecule has 0 saturated heterocycles. The lowest BCUT2D eigenvalue weighted by Crippen LogP contribution is -2.12. The number of halogens is 2. The molecule has 0 bridgehead atoms. The van der Waals surface area contributed by atoms with Crippen LogP contribution in [0.25, 0.3) is 0 Å². The molecule has 1 heterocycles. The van der Waals surface area contributed by atoms with Gasteiger partial charge in [0.25, 0.3) is 5.91 Å². The molecule has 0 aliphatic heterocycles. The van der Waals surface area contributed by atoms with Crippen LogP contribution in [0.4, 0.5) is 17.1 Å². The summed E-state index contributed by atoms with van der Waals surface area (Å²) in [6.45, 7) is 0. The maximum Gasteiger partial charge on any atom is 0.257 e. The number of nitrogens with one attached hydrogen (secondary N) is 2. The van der Waals surface area contributed by atoms with Gasteiger partial charge in [0.1, 0.15) is 5.75 Å². The number of carbonyl (C=O) groups excluding carboxylic acids is 1. The van der Waals surface area contributed by atoms with E-state index in [0.29, 0.717) is 38.4 Å². The van der Waals surface area contributed by atoms with Gasteiger partial charge in [-0.3, -0.25) is 9.78 Å². The van der Waals surface area contributed by atoms with E-state index < -0.39 is 0 Å². The molecule has 0 aliphatic rings. The third kappa shape index (κ3) is 4.45. The largest absolute Gasteiger partial charge is 0.497 e. The first-order valence-electron chi connectivity index (χ1n) is 7.67. The number of hydrogen-bond donors (Lipinski definition) is 2. The van der Waals surface area contributed by atoms with E-state index in [1.807, 2.05) is 0 Å². The fourth-order valence-corrected chi connectivity index (χ4v) is 2.74. The van der Waals surface area contributed by atoms with Crippen LogP contribution in [-0.4, -0.2) is 18.0 Å². The van der Waals surface area contributed by atoms with Crippen LogP contribution in [0, 0.1) is 0 Å². The molecule has 0 unspecified atom stereocenters. The number of carbonyl (C=O) groups is 1. The summed E-state index contributed by atoms with van der Waals surface area (Å²) in [4.78, 5) is 16.6. The van der Waals surface area contributed by atoms with Crippen molar-refractivity contribution in [3.8, 4) is 5.75 Å². The van der Waals surface area contributed by atoms with Gasteiger partial charge in [0.05, 0.1) is 35.3 Å². The minimum Gasteiger partial charge on any atom is -0.497 e. The van der Waals surface area contributed by atoms with E-state index >= 15 is 0 Å². The van der Waals surface area contributed by atoms with Crippen molar-refractivity contribution in [1.29, 1.82) is 0 Å². The molecule has 26 heavy (non-hydrogen) atoms. The summed E-state index contributed by atoms with van der Waals surface area (Å²) in [5, 5.41) is 6.96. The third-order valence-electron chi connectivity index (χ3n) is 3.54. The molecule has 0 atom stereocenters. The first kappa shape index (κ1) is 18.0. The molecule has 1 aromatic heterocycles. The van der Waals surface area contributed by atoms with Crippen LogP contribution in [0.2, 0.25) is 10.0 Å². The second-order valence-corrected chi connectivity index (χ2v) is 6.24. The second-order valence-electron chi connectivity index (χ2n) is 5.40. The van der Waals surface area contributed by atoms with E-state index in [4.69, 9.17) is 27.9 Å². The van der Waals surface area contributed by atoms with Crippen molar-refractivity contribution < 1.29 is 9.53 Å². The SMILES string of the molecule is COc1cccc(NC(=O)c2cncc(Nc3ccc(Cl)cc3Cl)c2)c1. The molecule has 2 N–H and O–H groups in total. The molecule has 0 fully saturated rings. The topological polar surface area (TPSA) is 63.2 Å². The summed E-state index contributed by atoms with van der Waals surface area (Å²) < 4.78 is 5.15. The quantitative estimate of drug-likeness (QED) is 0.615. The van der Waals surface area contributed by atoms with Gasteiger partial charge in [-0.1, -0.05) is 29.3 Å². The Labute approximate surface area is 160 Å². The zero-order valence-electron chi connectivity index (χ0n) is 13.8. The number of pyridine rings is 1. The lowest BCUT2D eigenvalue weighted by molar-refractivity contribution is 0.102. The molecule has 0 saturated carbocycles. The minimum atomic E-state index is -0.281. The van der Waals surface area contributed by atoms with Crippen molar-refractivity contribution in [1.82, 2.24) is 4.98 Å². The number of hydrogen-bond acceptors (Lipinski definition) is 4. The maximum atomic E-state index is 12.5. The van der Waals surface area contributed by atoms with E-state index in [1.165, 1.54) is 6.20 Å². The summed E-state index contributed by atoms with van der Waals surface area (Å²) in [5.41, 5.74) is 2.34. The molecule has 2 aromatic carbocycles. The average Bonchev–Trinajstić information content (AvgIpc) is 2.64. The Kier molecular flexibility index (Phi) is 5.61. The van der Waals surface area contributed by atoms with Gasteiger partial charge in [-0.15, -0.1) is 0 Å². The van der Waals surface area contributed by atoms with Gasteiger partial charge in [0, 0.05) is 23.0 Å². The maximum absolute atomic E-state index is 12.5. The molecule has 132 valence electrons. The molecule has 3 rings (SSSR count). The standard InChI is InChI=1S/C19H15Cl2N3O2/c1-26-16-4-2-3-14(9-16)24-19(25)12-7-15(11-22-10-12)23-18-6-5-13(20)8-17(18)21/h2-11,23H,1H3,(H,24,25). The Morgan fingerprint density at radius 2 is 1.88 bits per heavy atom. The zero-order valence-corrected chi connectivity index (χ0v) is 15.3. The van der Waals surface area contributed by atoms with Crippen molar-refractivity contribution >= 4 is 46.2 Å². The van der Waals surface area contributed by atoms with Crippen molar-refractivity contribution in [3.63, 3.8) is 0 Å². The monoisotopic (exact) mass is 387 g/mol. The number of amides is 1. The number of benzene rings is 2. The van der Waals surface area contributed by atoms with Gasteiger partial charge in [0.15, 0.2) is 0 Å². The second kappa shape index (κ2) is 8.08. The summed E-state index contributed by atoms with van der Waals surface area (Å²) in [6.07, 6.45) is 3.09. The molecule has 5 nitrogen and oxygen atoms in total. The number of aromatic nitrogens is 1. The predicted octanol–water partition coefficient (Wildman–Crippen LogP) is 5.39. The molecule has 0 aliphatic carbocycles. The number of nitrogens with zero attached hydrogens (tertiary/aromatic N) is 1. The van der Waals surface area contributed by atoms with E-state index in [1.54, 1.807) is 61.8 Å². The fourth-order valence-electron chi connectivity index (χ4n) is 2.28. The highest BCUT2D eigenvalue weighted by molar-refractivity contribution is 6.36. The van der Waals surface area contributed by atoms with Crippen LogP contribution in [0.1, 0.15) is 10.4 Å². The van der Waals surface area contributed by atoms with Crippen molar-refractivity contribution in [2.75, 3.05) is 17.7 Å². The Morgan fingerprint density at radius 3 is 2.65 bits per heavy atom. The van der Waals surface area contributed by atoms with Gasteiger partial charge in [-0.05, 0) is 36.4 Å². The van der Waals surface area contributed by atoms with Crippen molar-refractivity contribution in [2.45, 2.75) is 0 Å². The smallest absolute Gasteiger partial charge is 0.257 e. The summed E-state index contributed by atoms with van der Waals surface area (Å²) in [6, 6.07) is 13.9. The van der Waals surface area contributed by atoms with E-state index in [0.717, 1.165) is 0 Å². The highest BCUT2D eigenvalue weighted by Crippen LogP contribution is 2.28. The van der Waals surface area contributed by atoms with Gasteiger partial charge in [0.2, 0.25) is 0 Å². The highest BCUT2D eigenvalue weighted by Gasteiger charge is 2.09. The zero-order chi connectivity index (χ0) is 18.5. The summed E-state index contributed by atoms with van der Waals surface area (Å²) in [7, 11) is 1.57. The molecule has 7 heteroatoms. The van der Waals surface area contributed by atoms with Crippen LogP contribution in [0.5, 0.6) is 5.75 Å². The van der Waals surface area contributed by atoms with Gasteiger partial charge >= 0.3 is 0 Å². The first-order chi connectivity index (χ1) is 12.5. The Balaban J connectivity index is 1.76. The lowest BCUT2D eigenvalue weighted by atomic mass is 10.2. The molecule has 3 aromatic rings. The van der Waals surface area contributed by atoms with Crippen LogP contribution < -0.4 is 15.4 Å². The molecule has 1 amide bonds. The number of anilines is 3. The van der Waals surface area contributed by atoms with Crippen LogP contribution in [0.15, 0.2) is 60.9 Å². The first-order valence-corrected chi connectivity index (χ1v) is 8.43. The van der Waals surface area contributed by atoms with Gasteiger partial charge in [-0.25, -0.2) is 0 Å². The Morgan fingerprint density at radius 1 is 1.04 bits per heavy atom. The Bertz CT molecular complexity index is 948. The summed E-state index contributed by atoms with van der Waals surface area (Å²) >= 11 is 12.1. The molecule has 0 spiro atoms. The normalized spacial score (nSPS) is 10.3. The van der Waals surface area contributed by atoms with Crippen molar-refractivity contribution in [2.24, 2.45) is 0 Å². The van der Waals surface area contributed by atoms with Gasteiger partial charge in [-0.2, -0.15) is 0 Å². The van der Waals surface area contributed by atoms with Crippen LogP contribution in [-0.2, 0) is 0 Å². The average molecular weight is 388 g/mol. The van der Waals surface area contributed by atoms with E-state index in [2.05, 4.69) is 15.6 Å². The minimum absolute atomic E-state index is 0.281. The molecular weight excluding hydrogens is 373 g/mol. The van der Waals surface area contributed by atoms with Crippen molar-refractivity contribution in [3.05, 3.63) is 76.5 Å². The number of methoxy groups -OCH3 is 1. The van der Waals surface area contributed by atoms with Crippen LogP contribution in [0.3, 0.4) is 0 Å². The fraction of sp³-hybridized carbons (Fsp3) is 0.0526. The van der Waals surface area contributed by atoms with Crippen LogP contribution >= 0.6 is 23.2 Å². The number of rotatable bonds is 5. The lowest BCUT2D eigenvalue weighted by Gasteiger charge is -2.10. The predicted molar refractivity (Wildman–Crippen MR) is 105 cm³/mol. The Hall–Kier alpha value is -2.76. The van der Waals surface area contributed by atoms with E-state index in [-0.39, 0.29) is 5.91 Å². The highest BCUT2D eigenvalue weighted by atomic mass is 35.5. The molecule has 0 radical (unpaired) electrons. The van der Waals surface area contributed by atoms with E-state index in [9.17, 15) is 4.79 Å². The summed E-state index contributed by atoms with van der Waals surface area (Å²) in [5.74, 6) is 0.380. The van der Waals surface area contributed by atoms with Gasteiger partial charge < -0.3 is 15.4 Å².